The number of nitrogens with two attached hydrogens (primary N) is 1. The highest BCUT2D eigenvalue weighted by atomic mass is 35.5. The number of aryl methyl sites for hydroxylation is 2. The van der Waals surface area contributed by atoms with Gasteiger partial charge in [-0.25, -0.2) is 0 Å². The summed E-state index contributed by atoms with van der Waals surface area (Å²) in [5.41, 5.74) is 8.81. The lowest BCUT2D eigenvalue weighted by Crippen LogP contribution is -2.18. The quantitative estimate of drug-likeness (QED) is 0.866. The van der Waals surface area contributed by atoms with Crippen LogP contribution in [-0.4, -0.2) is 14.8 Å². The number of hydrogen-bond acceptors (Lipinski definition) is 3. The van der Waals surface area contributed by atoms with E-state index in [-0.39, 0.29) is 6.04 Å². The van der Waals surface area contributed by atoms with Crippen LogP contribution in [0.15, 0.2) is 24.5 Å². The van der Waals surface area contributed by atoms with Crippen LogP contribution in [0.4, 0.5) is 0 Å². The summed E-state index contributed by atoms with van der Waals surface area (Å²) < 4.78 is 1.68. The fraction of sp³-hybridized carbons (Fsp3) is 0.273. The van der Waals surface area contributed by atoms with E-state index in [2.05, 4.69) is 10.1 Å². The number of aromatic nitrogens is 3. The van der Waals surface area contributed by atoms with E-state index in [9.17, 15) is 0 Å². The number of halogens is 1. The lowest BCUT2D eigenvalue weighted by molar-refractivity contribution is 0.661. The minimum Gasteiger partial charge on any atom is -0.318 e. The molecule has 0 fully saturated rings. The fourth-order valence-electron chi connectivity index (χ4n) is 1.72. The molecular formula is C11H13ClN4. The third-order valence-electron chi connectivity index (χ3n) is 2.58. The SMILES string of the molecule is Cc1cccnc1C(N)c1c(Cl)cnn1C. The van der Waals surface area contributed by atoms with Gasteiger partial charge in [-0.15, -0.1) is 0 Å². The van der Waals surface area contributed by atoms with Crippen molar-refractivity contribution in [1.29, 1.82) is 0 Å². The van der Waals surface area contributed by atoms with Crippen LogP contribution < -0.4 is 5.73 Å². The molecule has 1 unspecified atom stereocenters. The highest BCUT2D eigenvalue weighted by Crippen LogP contribution is 2.25. The predicted octanol–water partition coefficient (Wildman–Crippen LogP) is 1.83. The molecule has 2 N–H and O–H groups in total. The van der Waals surface area contributed by atoms with E-state index >= 15 is 0 Å². The number of hydrogen-bond donors (Lipinski definition) is 1. The minimum atomic E-state index is -0.346. The number of nitrogens with zero attached hydrogens (tertiary/aromatic N) is 3. The standard InChI is InChI=1S/C11H13ClN4/c1-7-4-3-5-14-10(7)9(13)11-8(12)6-15-16(11)2/h3-6,9H,13H2,1-2H3. The van der Waals surface area contributed by atoms with Crippen molar-refractivity contribution in [3.05, 3.63) is 46.5 Å². The van der Waals surface area contributed by atoms with Crippen molar-refractivity contribution < 1.29 is 0 Å². The van der Waals surface area contributed by atoms with Crippen LogP contribution >= 0.6 is 11.6 Å². The van der Waals surface area contributed by atoms with E-state index in [1.54, 1.807) is 17.1 Å². The second-order valence-electron chi connectivity index (χ2n) is 3.68. The van der Waals surface area contributed by atoms with Crippen molar-refractivity contribution in [1.82, 2.24) is 14.8 Å². The third-order valence-corrected chi connectivity index (χ3v) is 2.87. The maximum atomic E-state index is 6.16. The second-order valence-corrected chi connectivity index (χ2v) is 4.09. The van der Waals surface area contributed by atoms with E-state index in [0.29, 0.717) is 5.02 Å². The van der Waals surface area contributed by atoms with Gasteiger partial charge in [-0.05, 0) is 18.6 Å². The summed E-state index contributed by atoms with van der Waals surface area (Å²) >= 11 is 6.05. The van der Waals surface area contributed by atoms with Crippen molar-refractivity contribution >= 4 is 11.6 Å². The molecule has 2 rings (SSSR count). The van der Waals surface area contributed by atoms with Crippen LogP contribution in [0.2, 0.25) is 5.02 Å². The van der Waals surface area contributed by atoms with Gasteiger partial charge in [0.25, 0.3) is 0 Å². The average molecular weight is 237 g/mol. The molecule has 16 heavy (non-hydrogen) atoms. The van der Waals surface area contributed by atoms with Crippen LogP contribution in [0.5, 0.6) is 0 Å². The van der Waals surface area contributed by atoms with Crippen molar-refractivity contribution in [2.45, 2.75) is 13.0 Å². The van der Waals surface area contributed by atoms with Gasteiger partial charge in [0.1, 0.15) is 0 Å². The van der Waals surface area contributed by atoms with Crippen LogP contribution in [0.25, 0.3) is 0 Å². The monoisotopic (exact) mass is 236 g/mol. The van der Waals surface area contributed by atoms with E-state index in [1.165, 1.54) is 0 Å². The van der Waals surface area contributed by atoms with Gasteiger partial charge in [-0.1, -0.05) is 17.7 Å². The van der Waals surface area contributed by atoms with Gasteiger partial charge in [0.2, 0.25) is 0 Å². The van der Waals surface area contributed by atoms with Gasteiger partial charge in [0, 0.05) is 13.2 Å². The summed E-state index contributed by atoms with van der Waals surface area (Å²) in [4.78, 5) is 4.29. The van der Waals surface area contributed by atoms with Crippen LogP contribution in [0, 0.1) is 6.92 Å². The molecule has 2 heterocycles. The first-order chi connectivity index (χ1) is 7.61. The second kappa shape index (κ2) is 4.23. The molecular weight excluding hydrogens is 224 g/mol. The molecule has 4 nitrogen and oxygen atoms in total. The Labute approximate surface area is 99.1 Å². The Morgan fingerprint density at radius 1 is 1.50 bits per heavy atom. The summed E-state index contributed by atoms with van der Waals surface area (Å²) in [7, 11) is 1.82. The predicted molar refractivity (Wildman–Crippen MR) is 63.2 cm³/mol. The Balaban J connectivity index is 2.47. The summed E-state index contributed by atoms with van der Waals surface area (Å²) in [6.07, 6.45) is 3.32. The van der Waals surface area contributed by atoms with E-state index in [1.807, 2.05) is 26.1 Å². The number of rotatable bonds is 2. The lowest BCUT2D eigenvalue weighted by Gasteiger charge is -2.14. The van der Waals surface area contributed by atoms with Gasteiger partial charge >= 0.3 is 0 Å². The van der Waals surface area contributed by atoms with Crippen molar-refractivity contribution in [3.63, 3.8) is 0 Å². The summed E-state index contributed by atoms with van der Waals surface area (Å²) in [5.74, 6) is 0. The van der Waals surface area contributed by atoms with Crippen molar-refractivity contribution in [2.75, 3.05) is 0 Å². The average Bonchev–Trinajstić information content (AvgIpc) is 2.58. The first-order valence-corrected chi connectivity index (χ1v) is 5.33. The summed E-state index contributed by atoms with van der Waals surface area (Å²) in [6.45, 7) is 1.98. The topological polar surface area (TPSA) is 56.7 Å². The highest BCUT2D eigenvalue weighted by Gasteiger charge is 2.19. The van der Waals surface area contributed by atoms with Gasteiger partial charge in [-0.2, -0.15) is 5.10 Å². The van der Waals surface area contributed by atoms with E-state index < -0.39 is 0 Å². The Morgan fingerprint density at radius 3 is 2.81 bits per heavy atom. The van der Waals surface area contributed by atoms with Gasteiger partial charge in [-0.3, -0.25) is 9.67 Å². The van der Waals surface area contributed by atoms with E-state index in [0.717, 1.165) is 17.0 Å². The van der Waals surface area contributed by atoms with Gasteiger partial charge < -0.3 is 5.73 Å². The van der Waals surface area contributed by atoms with E-state index in [4.69, 9.17) is 17.3 Å². The maximum Gasteiger partial charge on any atom is 0.0914 e. The minimum absolute atomic E-state index is 0.346. The molecule has 84 valence electrons. The highest BCUT2D eigenvalue weighted by molar-refractivity contribution is 6.31. The van der Waals surface area contributed by atoms with Crippen LogP contribution in [-0.2, 0) is 7.05 Å². The fourth-order valence-corrected chi connectivity index (χ4v) is 2.01. The molecule has 0 amide bonds. The largest absolute Gasteiger partial charge is 0.318 e. The van der Waals surface area contributed by atoms with Crippen molar-refractivity contribution in [2.24, 2.45) is 12.8 Å². The molecule has 0 bridgehead atoms. The zero-order chi connectivity index (χ0) is 11.7. The molecule has 0 aliphatic carbocycles. The van der Waals surface area contributed by atoms with Crippen LogP contribution in [0.3, 0.4) is 0 Å². The molecule has 2 aromatic heterocycles. The zero-order valence-electron chi connectivity index (χ0n) is 9.18. The molecule has 0 aliphatic rings. The van der Waals surface area contributed by atoms with Gasteiger partial charge in [0.15, 0.2) is 0 Å². The molecule has 0 saturated carbocycles. The zero-order valence-corrected chi connectivity index (χ0v) is 9.94. The maximum absolute atomic E-state index is 6.16. The molecule has 0 saturated heterocycles. The first-order valence-electron chi connectivity index (χ1n) is 4.95. The summed E-state index contributed by atoms with van der Waals surface area (Å²) in [6, 6.07) is 3.52. The normalized spacial score (nSPS) is 12.8. The molecule has 0 aromatic carbocycles. The third kappa shape index (κ3) is 1.81. The van der Waals surface area contributed by atoms with Crippen LogP contribution in [0.1, 0.15) is 23.0 Å². The first kappa shape index (κ1) is 11.1. The lowest BCUT2D eigenvalue weighted by atomic mass is 10.1. The number of pyridine rings is 1. The molecule has 5 heteroatoms. The summed E-state index contributed by atoms with van der Waals surface area (Å²) in [5, 5.41) is 4.64. The molecule has 0 spiro atoms. The molecule has 0 aliphatic heterocycles. The Morgan fingerprint density at radius 2 is 2.25 bits per heavy atom. The van der Waals surface area contributed by atoms with Gasteiger partial charge in [0.05, 0.1) is 28.6 Å². The van der Waals surface area contributed by atoms with Crippen molar-refractivity contribution in [3.8, 4) is 0 Å². The Hall–Kier alpha value is -1.39. The Bertz CT molecular complexity index is 487. The smallest absolute Gasteiger partial charge is 0.0914 e. The molecule has 2 aromatic rings. The Kier molecular flexibility index (Phi) is 2.94. The molecule has 1 atom stereocenters. The molecule has 0 radical (unpaired) electrons.